The second kappa shape index (κ2) is 7.46. The van der Waals surface area contributed by atoms with Crippen LogP contribution in [0.4, 0.5) is 4.79 Å². The first-order valence-corrected chi connectivity index (χ1v) is 8.08. The van der Waals surface area contributed by atoms with Crippen molar-refractivity contribution < 1.29 is 9.32 Å². The Kier molecular flexibility index (Phi) is 5.58. The Labute approximate surface area is 142 Å². The number of amides is 2. The van der Waals surface area contributed by atoms with Gasteiger partial charge in [0.15, 0.2) is 5.82 Å². The van der Waals surface area contributed by atoms with Crippen LogP contribution in [0.25, 0.3) is 0 Å². The van der Waals surface area contributed by atoms with E-state index in [-0.39, 0.29) is 17.5 Å². The van der Waals surface area contributed by atoms with Gasteiger partial charge in [0.2, 0.25) is 5.89 Å². The average Bonchev–Trinajstić information content (AvgIpc) is 3.16. The second-order valence-corrected chi connectivity index (χ2v) is 6.94. The molecule has 0 unspecified atom stereocenters. The smallest absolute Gasteiger partial charge is 0.317 e. The van der Waals surface area contributed by atoms with E-state index in [2.05, 4.69) is 41.2 Å². The lowest BCUT2D eigenvalue weighted by molar-refractivity contribution is 0.180. The Bertz CT molecular complexity index is 644. The quantitative estimate of drug-likeness (QED) is 0.873. The van der Waals surface area contributed by atoms with Gasteiger partial charge in [-0.1, -0.05) is 32.9 Å². The van der Waals surface area contributed by atoms with E-state index in [0.29, 0.717) is 31.2 Å². The summed E-state index contributed by atoms with van der Waals surface area (Å²) in [6.45, 7) is 9.20. The third kappa shape index (κ3) is 4.81. The van der Waals surface area contributed by atoms with Gasteiger partial charge in [0.05, 0.1) is 18.9 Å². The standard InChI is InChI=1S/C16H26N6O2/c1-6-14-19-13(20-24-14)10-21(5)15(23)18-12(16(2,3)4)9-22-8-7-17-11-22/h7-8,11-12H,6,9-10H2,1-5H3,(H,18,23)/t12-/m0/s1. The molecular formula is C16H26N6O2. The van der Waals surface area contributed by atoms with Crippen molar-refractivity contribution in [2.75, 3.05) is 7.05 Å². The molecule has 0 aliphatic heterocycles. The molecule has 2 amide bonds. The van der Waals surface area contributed by atoms with Gasteiger partial charge in [-0.2, -0.15) is 4.98 Å². The van der Waals surface area contributed by atoms with E-state index in [1.54, 1.807) is 24.5 Å². The van der Waals surface area contributed by atoms with Gasteiger partial charge in [-0.25, -0.2) is 9.78 Å². The topological polar surface area (TPSA) is 89.1 Å². The fourth-order valence-electron chi connectivity index (χ4n) is 2.18. The molecule has 0 saturated carbocycles. The largest absolute Gasteiger partial charge is 0.339 e. The van der Waals surface area contributed by atoms with Crippen molar-refractivity contribution in [2.45, 2.75) is 53.2 Å². The number of hydrogen-bond donors (Lipinski definition) is 1. The summed E-state index contributed by atoms with van der Waals surface area (Å²) < 4.78 is 7.03. The lowest BCUT2D eigenvalue weighted by Gasteiger charge is -2.33. The van der Waals surface area contributed by atoms with Crippen molar-refractivity contribution in [3.63, 3.8) is 0 Å². The molecule has 8 heteroatoms. The predicted molar refractivity (Wildman–Crippen MR) is 89.1 cm³/mol. The van der Waals surface area contributed by atoms with Crippen molar-refractivity contribution in [3.05, 3.63) is 30.4 Å². The molecule has 0 bridgehead atoms. The predicted octanol–water partition coefficient (Wildman–Crippen LogP) is 2.08. The summed E-state index contributed by atoms with van der Waals surface area (Å²) in [6, 6.07) is -0.212. The first-order valence-electron chi connectivity index (χ1n) is 8.08. The lowest BCUT2D eigenvalue weighted by atomic mass is 9.86. The summed E-state index contributed by atoms with van der Waals surface area (Å²) in [5.41, 5.74) is -0.0949. The molecule has 0 radical (unpaired) electrons. The summed E-state index contributed by atoms with van der Waals surface area (Å²) >= 11 is 0. The second-order valence-electron chi connectivity index (χ2n) is 6.94. The summed E-state index contributed by atoms with van der Waals surface area (Å²) in [7, 11) is 1.72. The van der Waals surface area contributed by atoms with Crippen LogP contribution in [0.5, 0.6) is 0 Å². The third-order valence-electron chi connectivity index (χ3n) is 3.83. The maximum atomic E-state index is 12.5. The maximum absolute atomic E-state index is 12.5. The Hall–Kier alpha value is -2.38. The molecule has 24 heavy (non-hydrogen) atoms. The highest BCUT2D eigenvalue weighted by Gasteiger charge is 2.28. The molecular weight excluding hydrogens is 308 g/mol. The van der Waals surface area contributed by atoms with Crippen molar-refractivity contribution in [1.29, 1.82) is 0 Å². The lowest BCUT2D eigenvalue weighted by Crippen LogP contribution is -2.50. The van der Waals surface area contributed by atoms with Crippen molar-refractivity contribution in [1.82, 2.24) is 29.9 Å². The minimum atomic E-state index is -0.169. The highest BCUT2D eigenvalue weighted by Crippen LogP contribution is 2.21. The Morgan fingerprint density at radius 3 is 2.75 bits per heavy atom. The number of rotatable bonds is 6. The third-order valence-corrected chi connectivity index (χ3v) is 3.83. The van der Waals surface area contributed by atoms with E-state index in [1.165, 1.54) is 0 Å². The highest BCUT2D eigenvalue weighted by atomic mass is 16.5. The molecule has 132 valence electrons. The van der Waals surface area contributed by atoms with Gasteiger partial charge in [0.25, 0.3) is 0 Å². The van der Waals surface area contributed by atoms with Gasteiger partial charge in [0, 0.05) is 32.4 Å². The van der Waals surface area contributed by atoms with Crippen LogP contribution >= 0.6 is 0 Å². The van der Waals surface area contributed by atoms with Crippen LogP contribution in [0.2, 0.25) is 0 Å². The summed E-state index contributed by atoms with van der Waals surface area (Å²) in [4.78, 5) is 22.3. The molecule has 0 aliphatic rings. The fraction of sp³-hybridized carbons (Fsp3) is 0.625. The van der Waals surface area contributed by atoms with Crippen LogP contribution in [-0.2, 0) is 19.5 Å². The van der Waals surface area contributed by atoms with Gasteiger partial charge in [-0.05, 0) is 5.41 Å². The number of imidazole rings is 1. The normalized spacial score (nSPS) is 12.9. The van der Waals surface area contributed by atoms with E-state index in [1.807, 2.05) is 17.7 Å². The zero-order valence-electron chi connectivity index (χ0n) is 15.0. The summed E-state index contributed by atoms with van der Waals surface area (Å²) in [6.07, 6.45) is 6.05. The van der Waals surface area contributed by atoms with Crippen LogP contribution in [-0.4, -0.2) is 43.7 Å². The molecule has 0 aliphatic carbocycles. The van der Waals surface area contributed by atoms with Crippen LogP contribution in [0.15, 0.2) is 23.2 Å². The summed E-state index contributed by atoms with van der Waals surface area (Å²) in [5.74, 6) is 1.08. The number of aromatic nitrogens is 4. The molecule has 0 aromatic carbocycles. The minimum Gasteiger partial charge on any atom is -0.339 e. The highest BCUT2D eigenvalue weighted by molar-refractivity contribution is 5.74. The SMILES string of the molecule is CCc1nc(CN(C)C(=O)N[C@@H](Cn2ccnc2)C(C)(C)C)no1. The van der Waals surface area contributed by atoms with Crippen molar-refractivity contribution in [3.8, 4) is 0 Å². The number of carbonyl (C=O) groups excluding carboxylic acids is 1. The maximum Gasteiger partial charge on any atom is 0.317 e. The van der Waals surface area contributed by atoms with Crippen LogP contribution in [0.3, 0.4) is 0 Å². The number of aryl methyl sites for hydroxylation is 1. The number of carbonyl (C=O) groups is 1. The zero-order chi connectivity index (χ0) is 17.7. The van der Waals surface area contributed by atoms with Gasteiger partial charge >= 0.3 is 6.03 Å². The average molecular weight is 334 g/mol. The molecule has 0 spiro atoms. The summed E-state index contributed by atoms with van der Waals surface area (Å²) in [5, 5.41) is 6.97. The van der Waals surface area contributed by atoms with Gasteiger partial charge in [-0.3, -0.25) is 0 Å². The van der Waals surface area contributed by atoms with Crippen LogP contribution in [0, 0.1) is 5.41 Å². The van der Waals surface area contributed by atoms with E-state index in [4.69, 9.17) is 4.52 Å². The first-order chi connectivity index (χ1) is 11.3. The number of nitrogens with one attached hydrogen (secondary N) is 1. The van der Waals surface area contributed by atoms with Gasteiger partial charge < -0.3 is 19.3 Å². The Morgan fingerprint density at radius 2 is 2.21 bits per heavy atom. The zero-order valence-corrected chi connectivity index (χ0v) is 15.0. The van der Waals surface area contributed by atoms with E-state index in [9.17, 15) is 4.79 Å². The number of urea groups is 1. The molecule has 1 atom stereocenters. The molecule has 2 rings (SSSR count). The molecule has 8 nitrogen and oxygen atoms in total. The van der Waals surface area contributed by atoms with Crippen molar-refractivity contribution in [2.24, 2.45) is 5.41 Å². The monoisotopic (exact) mass is 334 g/mol. The molecule has 0 fully saturated rings. The number of nitrogens with zero attached hydrogens (tertiary/aromatic N) is 5. The minimum absolute atomic E-state index is 0.0434. The van der Waals surface area contributed by atoms with Crippen molar-refractivity contribution >= 4 is 6.03 Å². The molecule has 2 aromatic rings. The molecule has 2 heterocycles. The molecule has 1 N–H and O–H groups in total. The van der Waals surface area contributed by atoms with Gasteiger partial charge in [-0.15, -0.1) is 0 Å². The Balaban J connectivity index is 1.98. The number of hydrogen-bond acceptors (Lipinski definition) is 5. The molecule has 2 aromatic heterocycles. The van der Waals surface area contributed by atoms with Crippen LogP contribution < -0.4 is 5.32 Å². The molecule has 0 saturated heterocycles. The van der Waals surface area contributed by atoms with Gasteiger partial charge in [0.1, 0.15) is 0 Å². The van der Waals surface area contributed by atoms with Crippen LogP contribution in [0.1, 0.15) is 39.4 Å². The first kappa shape index (κ1) is 18.0. The van der Waals surface area contributed by atoms with E-state index >= 15 is 0 Å². The fourth-order valence-corrected chi connectivity index (χ4v) is 2.18. The van der Waals surface area contributed by atoms with E-state index in [0.717, 1.165) is 0 Å². The Morgan fingerprint density at radius 1 is 1.46 bits per heavy atom. The van der Waals surface area contributed by atoms with E-state index < -0.39 is 0 Å².